The van der Waals surface area contributed by atoms with Gasteiger partial charge in [-0.15, -0.1) is 17.7 Å². The molecule has 0 saturated heterocycles. The summed E-state index contributed by atoms with van der Waals surface area (Å²) in [5.74, 6) is 0.0490. The average molecular weight is 376 g/mol. The molecule has 2 rings (SSSR count). The van der Waals surface area contributed by atoms with Crippen LogP contribution in [0.25, 0.3) is 5.69 Å². The van der Waals surface area contributed by atoms with E-state index in [0.717, 1.165) is 24.2 Å². The zero-order valence-electron chi connectivity index (χ0n) is 15.5. The van der Waals surface area contributed by atoms with E-state index in [2.05, 4.69) is 40.4 Å². The molecule has 1 aromatic heterocycles. The molecule has 1 heterocycles. The van der Waals surface area contributed by atoms with Crippen molar-refractivity contribution in [2.45, 2.75) is 76.3 Å². The highest BCUT2D eigenvalue weighted by Gasteiger charge is 2.07. The Hall–Kier alpha value is -1.89. The predicted octanol–water partition coefficient (Wildman–Crippen LogP) is 4.81. The van der Waals surface area contributed by atoms with E-state index in [0.29, 0.717) is 11.6 Å². The Kier molecular flexibility index (Phi) is 9.17. The Labute approximate surface area is 161 Å². The van der Waals surface area contributed by atoms with Crippen LogP contribution >= 0.6 is 12.6 Å². The van der Waals surface area contributed by atoms with Gasteiger partial charge in [0.1, 0.15) is 0 Å². The number of tetrazole rings is 1. The van der Waals surface area contributed by atoms with Crippen molar-refractivity contribution in [3.8, 4) is 5.69 Å². The first-order chi connectivity index (χ1) is 12.7. The maximum atomic E-state index is 12.1. The molecule has 0 saturated carbocycles. The standard InChI is InChI=1S/C19H29N5OS/c1-2-3-4-5-6-7-8-9-10-14-18(25)20-16-12-11-13-17(15-16)24-19(26)21-22-23-24/h11-13,15H,2-10,14H2,1H3,(H,20,25)(H,21,23,26). The van der Waals surface area contributed by atoms with Crippen LogP contribution in [0.1, 0.15) is 71.1 Å². The third-order valence-electron chi connectivity index (χ3n) is 4.33. The summed E-state index contributed by atoms with van der Waals surface area (Å²) in [5, 5.41) is 14.5. The number of unbranched alkanes of at least 4 members (excludes halogenated alkanes) is 8. The highest BCUT2D eigenvalue weighted by molar-refractivity contribution is 7.80. The van der Waals surface area contributed by atoms with Crippen molar-refractivity contribution in [2.24, 2.45) is 0 Å². The molecule has 1 amide bonds. The number of carbonyl (C=O) groups excluding carboxylic acids is 1. The fourth-order valence-electron chi connectivity index (χ4n) is 2.88. The minimum atomic E-state index is 0.0490. The van der Waals surface area contributed by atoms with Crippen LogP contribution in [-0.2, 0) is 4.79 Å². The Balaban J connectivity index is 1.65. The number of carbonyl (C=O) groups is 1. The second-order valence-corrected chi connectivity index (χ2v) is 6.97. The number of thiol groups is 1. The topological polar surface area (TPSA) is 72.7 Å². The van der Waals surface area contributed by atoms with Gasteiger partial charge in [-0.3, -0.25) is 4.79 Å². The first kappa shape index (κ1) is 20.4. The molecular formula is C19H29N5OS. The number of hydrogen-bond acceptors (Lipinski definition) is 5. The highest BCUT2D eigenvalue weighted by atomic mass is 32.1. The molecule has 6 nitrogen and oxygen atoms in total. The summed E-state index contributed by atoms with van der Waals surface area (Å²) in [6, 6.07) is 7.43. The van der Waals surface area contributed by atoms with Gasteiger partial charge in [0, 0.05) is 12.1 Å². The van der Waals surface area contributed by atoms with Gasteiger partial charge in [0.15, 0.2) is 0 Å². The molecule has 0 aliphatic rings. The molecule has 26 heavy (non-hydrogen) atoms. The summed E-state index contributed by atoms with van der Waals surface area (Å²) in [6.07, 6.45) is 11.8. The Morgan fingerprint density at radius 3 is 2.42 bits per heavy atom. The molecule has 0 spiro atoms. The highest BCUT2D eigenvalue weighted by Crippen LogP contribution is 2.17. The summed E-state index contributed by atoms with van der Waals surface area (Å²) in [4.78, 5) is 12.1. The molecular weight excluding hydrogens is 346 g/mol. The summed E-state index contributed by atoms with van der Waals surface area (Å²) in [7, 11) is 0. The van der Waals surface area contributed by atoms with Gasteiger partial charge >= 0.3 is 0 Å². The number of amides is 1. The van der Waals surface area contributed by atoms with Crippen LogP contribution in [0.5, 0.6) is 0 Å². The molecule has 0 aliphatic carbocycles. The van der Waals surface area contributed by atoms with Gasteiger partial charge in [-0.1, -0.05) is 64.4 Å². The fraction of sp³-hybridized carbons (Fsp3) is 0.579. The number of aromatic nitrogens is 4. The van der Waals surface area contributed by atoms with Crippen molar-refractivity contribution >= 4 is 24.2 Å². The van der Waals surface area contributed by atoms with Crippen molar-refractivity contribution in [1.82, 2.24) is 20.2 Å². The lowest BCUT2D eigenvalue weighted by molar-refractivity contribution is -0.116. The first-order valence-electron chi connectivity index (χ1n) is 9.58. The lowest BCUT2D eigenvalue weighted by Crippen LogP contribution is -2.11. The lowest BCUT2D eigenvalue weighted by Gasteiger charge is -2.07. The van der Waals surface area contributed by atoms with E-state index >= 15 is 0 Å². The number of nitrogens with one attached hydrogen (secondary N) is 1. The van der Waals surface area contributed by atoms with Gasteiger partial charge < -0.3 is 5.32 Å². The zero-order chi connectivity index (χ0) is 18.6. The molecule has 0 aliphatic heterocycles. The van der Waals surface area contributed by atoms with E-state index in [1.54, 1.807) is 0 Å². The van der Waals surface area contributed by atoms with Gasteiger partial charge in [0.2, 0.25) is 11.1 Å². The second kappa shape index (κ2) is 11.7. The molecule has 7 heteroatoms. The minimum absolute atomic E-state index is 0.0490. The smallest absolute Gasteiger partial charge is 0.224 e. The van der Waals surface area contributed by atoms with Gasteiger partial charge in [0.25, 0.3) is 0 Å². The summed E-state index contributed by atoms with van der Waals surface area (Å²) < 4.78 is 1.51. The molecule has 0 fully saturated rings. The quantitative estimate of drug-likeness (QED) is 0.412. The molecule has 0 bridgehead atoms. The monoisotopic (exact) mass is 375 g/mol. The van der Waals surface area contributed by atoms with Gasteiger partial charge in [-0.25, -0.2) is 0 Å². The first-order valence-corrected chi connectivity index (χ1v) is 10.0. The number of anilines is 1. The Morgan fingerprint density at radius 2 is 1.77 bits per heavy atom. The maximum Gasteiger partial charge on any atom is 0.224 e. The molecule has 1 aromatic carbocycles. The average Bonchev–Trinajstić information content (AvgIpc) is 3.06. The molecule has 0 unspecified atom stereocenters. The van der Waals surface area contributed by atoms with Crippen LogP contribution in [-0.4, -0.2) is 26.1 Å². The fourth-order valence-corrected chi connectivity index (χ4v) is 3.08. The zero-order valence-corrected chi connectivity index (χ0v) is 16.4. The van der Waals surface area contributed by atoms with Crippen molar-refractivity contribution < 1.29 is 4.79 Å². The van der Waals surface area contributed by atoms with E-state index in [-0.39, 0.29) is 5.91 Å². The Morgan fingerprint density at radius 1 is 1.08 bits per heavy atom. The van der Waals surface area contributed by atoms with E-state index in [1.165, 1.54) is 49.6 Å². The molecule has 2 aromatic rings. The molecule has 0 radical (unpaired) electrons. The number of benzene rings is 1. The van der Waals surface area contributed by atoms with Crippen molar-refractivity contribution in [3.05, 3.63) is 24.3 Å². The summed E-state index contributed by atoms with van der Waals surface area (Å²) in [5.41, 5.74) is 1.51. The number of nitrogens with zero attached hydrogens (tertiary/aromatic N) is 4. The van der Waals surface area contributed by atoms with Crippen LogP contribution in [0.4, 0.5) is 5.69 Å². The van der Waals surface area contributed by atoms with Gasteiger partial charge in [0.05, 0.1) is 5.69 Å². The minimum Gasteiger partial charge on any atom is -0.326 e. The van der Waals surface area contributed by atoms with Gasteiger partial charge in [-0.05, 0) is 35.0 Å². The second-order valence-electron chi connectivity index (χ2n) is 6.57. The summed E-state index contributed by atoms with van der Waals surface area (Å²) >= 11 is 4.20. The predicted molar refractivity (Wildman–Crippen MR) is 107 cm³/mol. The SMILES string of the molecule is CCCCCCCCCCCC(=O)Nc1cccc(-n2nnnc2S)c1. The van der Waals surface area contributed by atoms with Crippen molar-refractivity contribution in [2.75, 3.05) is 5.32 Å². The molecule has 142 valence electrons. The third kappa shape index (κ3) is 7.15. The normalized spacial score (nSPS) is 10.8. The van der Waals surface area contributed by atoms with Crippen LogP contribution in [0.3, 0.4) is 0 Å². The van der Waals surface area contributed by atoms with Crippen LogP contribution < -0.4 is 5.32 Å². The van der Waals surface area contributed by atoms with Gasteiger partial charge in [-0.2, -0.15) is 4.68 Å². The van der Waals surface area contributed by atoms with Crippen LogP contribution in [0, 0.1) is 0 Å². The van der Waals surface area contributed by atoms with Crippen molar-refractivity contribution in [3.63, 3.8) is 0 Å². The van der Waals surface area contributed by atoms with E-state index < -0.39 is 0 Å². The van der Waals surface area contributed by atoms with E-state index in [1.807, 2.05) is 24.3 Å². The van der Waals surface area contributed by atoms with Crippen LogP contribution in [0.15, 0.2) is 29.4 Å². The van der Waals surface area contributed by atoms with E-state index in [4.69, 9.17) is 0 Å². The number of hydrogen-bond donors (Lipinski definition) is 2. The largest absolute Gasteiger partial charge is 0.326 e. The molecule has 1 N–H and O–H groups in total. The lowest BCUT2D eigenvalue weighted by atomic mass is 10.1. The summed E-state index contributed by atoms with van der Waals surface area (Å²) in [6.45, 7) is 2.24. The molecule has 0 atom stereocenters. The van der Waals surface area contributed by atoms with Crippen molar-refractivity contribution in [1.29, 1.82) is 0 Å². The van der Waals surface area contributed by atoms with E-state index in [9.17, 15) is 4.79 Å². The number of rotatable bonds is 12. The van der Waals surface area contributed by atoms with Crippen LogP contribution in [0.2, 0.25) is 0 Å². The third-order valence-corrected chi connectivity index (χ3v) is 4.61. The maximum absolute atomic E-state index is 12.1. The Bertz CT molecular complexity index is 673.